The van der Waals surface area contributed by atoms with Crippen LogP contribution in [-0.4, -0.2) is 11.6 Å². The molecule has 0 saturated carbocycles. The summed E-state index contributed by atoms with van der Waals surface area (Å²) in [6.45, 7) is 7.68. The molecule has 1 heterocycles. The van der Waals surface area contributed by atoms with Crippen molar-refractivity contribution < 1.29 is 9.59 Å². The number of ketones is 2. The minimum absolute atomic E-state index is 0.00755. The maximum absolute atomic E-state index is 12.2. The Labute approximate surface area is 151 Å². The number of hydrogen-bond donors (Lipinski definition) is 0. The molecule has 2 nitrogen and oxygen atoms in total. The number of Topliss-reactive ketones (excluding diaryl/α,β-unsaturated/α-hetero) is 2. The van der Waals surface area contributed by atoms with Crippen LogP contribution in [0.3, 0.4) is 0 Å². The van der Waals surface area contributed by atoms with Crippen LogP contribution in [0.4, 0.5) is 0 Å². The smallest absolute Gasteiger partial charge is 0.165 e. The molecule has 0 N–H and O–H groups in total. The summed E-state index contributed by atoms with van der Waals surface area (Å²) in [5.74, 6) is 0.314. The molecule has 0 saturated heterocycles. The van der Waals surface area contributed by atoms with E-state index in [1.807, 2.05) is 64.1 Å². The van der Waals surface area contributed by atoms with Crippen molar-refractivity contribution >= 4 is 35.1 Å². The van der Waals surface area contributed by atoms with Crippen LogP contribution in [0.25, 0.3) is 0 Å². The van der Waals surface area contributed by atoms with Gasteiger partial charge in [0.1, 0.15) is 0 Å². The Kier molecular flexibility index (Phi) is 4.88. The number of benzene rings is 2. The molecule has 0 unspecified atom stereocenters. The lowest BCUT2D eigenvalue weighted by molar-refractivity contribution is 0.0932. The molecular formula is C20H20O2S2. The molecule has 0 radical (unpaired) electrons. The first-order valence-electron chi connectivity index (χ1n) is 8.09. The first-order chi connectivity index (χ1) is 11.4. The molecular weight excluding hydrogens is 336 g/mol. The van der Waals surface area contributed by atoms with Crippen molar-refractivity contribution in [1.29, 1.82) is 0 Å². The standard InChI is InChI=1S/C20H20O2S2/c1-11(2)19(21)13-5-7-15-17(9-13)24-18-10-14(20(22)12(3)4)6-8-16(18)23-15/h5-12H,1-4H3. The summed E-state index contributed by atoms with van der Waals surface area (Å²) >= 11 is 3.34. The zero-order valence-electron chi connectivity index (χ0n) is 14.3. The van der Waals surface area contributed by atoms with Gasteiger partial charge in [-0.25, -0.2) is 0 Å². The summed E-state index contributed by atoms with van der Waals surface area (Å²) in [4.78, 5) is 29.0. The van der Waals surface area contributed by atoms with Crippen LogP contribution in [0.2, 0.25) is 0 Å². The average molecular weight is 357 g/mol. The van der Waals surface area contributed by atoms with Gasteiger partial charge in [0, 0.05) is 42.5 Å². The van der Waals surface area contributed by atoms with Gasteiger partial charge < -0.3 is 0 Å². The fourth-order valence-corrected chi connectivity index (χ4v) is 4.83. The van der Waals surface area contributed by atoms with Crippen molar-refractivity contribution in [2.75, 3.05) is 0 Å². The maximum atomic E-state index is 12.2. The summed E-state index contributed by atoms with van der Waals surface area (Å²) in [5.41, 5.74) is 1.52. The summed E-state index contributed by atoms with van der Waals surface area (Å²) in [6.07, 6.45) is 0. The number of fused-ring (bicyclic) bond motifs is 2. The predicted molar refractivity (Wildman–Crippen MR) is 99.5 cm³/mol. The van der Waals surface area contributed by atoms with E-state index in [4.69, 9.17) is 0 Å². The third kappa shape index (κ3) is 3.31. The van der Waals surface area contributed by atoms with Gasteiger partial charge >= 0.3 is 0 Å². The molecule has 4 heteroatoms. The fraction of sp³-hybridized carbons (Fsp3) is 0.300. The maximum Gasteiger partial charge on any atom is 0.165 e. The van der Waals surface area contributed by atoms with Crippen LogP contribution in [0.15, 0.2) is 56.0 Å². The lowest BCUT2D eigenvalue weighted by atomic mass is 10.0. The summed E-state index contributed by atoms with van der Waals surface area (Å²) in [6, 6.07) is 11.8. The number of carbonyl (C=O) groups excluding carboxylic acids is 2. The zero-order valence-corrected chi connectivity index (χ0v) is 15.9. The van der Waals surface area contributed by atoms with Crippen molar-refractivity contribution in [2.24, 2.45) is 11.8 Å². The Bertz CT molecular complexity index is 755. The molecule has 124 valence electrons. The first kappa shape index (κ1) is 17.3. The Morgan fingerprint density at radius 1 is 0.667 bits per heavy atom. The highest BCUT2D eigenvalue weighted by atomic mass is 32.2. The van der Waals surface area contributed by atoms with Crippen molar-refractivity contribution in [2.45, 2.75) is 47.3 Å². The fourth-order valence-electron chi connectivity index (χ4n) is 2.55. The number of rotatable bonds is 4. The molecule has 0 aliphatic carbocycles. The van der Waals surface area contributed by atoms with Gasteiger partial charge in [-0.3, -0.25) is 9.59 Å². The van der Waals surface area contributed by atoms with Gasteiger partial charge in [-0.05, 0) is 24.3 Å². The first-order valence-corrected chi connectivity index (χ1v) is 9.72. The van der Waals surface area contributed by atoms with Gasteiger partial charge in [0.2, 0.25) is 0 Å². The van der Waals surface area contributed by atoms with Gasteiger partial charge in [-0.15, -0.1) is 0 Å². The van der Waals surface area contributed by atoms with E-state index in [-0.39, 0.29) is 23.4 Å². The second-order valence-electron chi connectivity index (χ2n) is 6.57. The summed E-state index contributed by atoms with van der Waals surface area (Å²) in [5, 5.41) is 0. The van der Waals surface area contributed by atoms with Crippen molar-refractivity contribution in [3.8, 4) is 0 Å². The van der Waals surface area contributed by atoms with E-state index >= 15 is 0 Å². The van der Waals surface area contributed by atoms with Crippen molar-refractivity contribution in [3.05, 3.63) is 47.5 Å². The molecule has 0 fully saturated rings. The molecule has 2 aromatic rings. The van der Waals surface area contributed by atoms with E-state index in [9.17, 15) is 9.59 Å². The van der Waals surface area contributed by atoms with Crippen LogP contribution in [0.5, 0.6) is 0 Å². The van der Waals surface area contributed by atoms with Crippen molar-refractivity contribution in [1.82, 2.24) is 0 Å². The van der Waals surface area contributed by atoms with Crippen LogP contribution in [-0.2, 0) is 0 Å². The minimum Gasteiger partial charge on any atom is -0.294 e. The van der Waals surface area contributed by atoms with Crippen LogP contribution < -0.4 is 0 Å². The third-order valence-electron chi connectivity index (χ3n) is 3.95. The largest absolute Gasteiger partial charge is 0.294 e. The van der Waals surface area contributed by atoms with E-state index in [1.54, 1.807) is 23.5 Å². The summed E-state index contributed by atoms with van der Waals surface area (Å²) in [7, 11) is 0. The quantitative estimate of drug-likeness (QED) is 0.539. The van der Waals surface area contributed by atoms with Gasteiger partial charge in [-0.2, -0.15) is 0 Å². The highest BCUT2D eigenvalue weighted by molar-refractivity contribution is 8.05. The molecule has 1 aliphatic rings. The van der Waals surface area contributed by atoms with Crippen LogP contribution in [0.1, 0.15) is 48.4 Å². The molecule has 0 atom stereocenters. The molecule has 1 aliphatic heterocycles. The van der Waals surface area contributed by atoms with Gasteiger partial charge in [0.15, 0.2) is 11.6 Å². The second kappa shape index (κ2) is 6.77. The van der Waals surface area contributed by atoms with Gasteiger partial charge in [-0.1, -0.05) is 63.4 Å². The zero-order chi connectivity index (χ0) is 17.4. The number of carbonyl (C=O) groups is 2. The molecule has 0 aromatic heterocycles. The SMILES string of the molecule is CC(C)C(=O)c1ccc2c(c1)Sc1cc(C(=O)C(C)C)ccc1S2. The normalized spacial score (nSPS) is 12.9. The van der Waals surface area contributed by atoms with Gasteiger partial charge in [0.05, 0.1) is 0 Å². The van der Waals surface area contributed by atoms with Crippen LogP contribution >= 0.6 is 23.5 Å². The molecule has 2 aromatic carbocycles. The highest BCUT2D eigenvalue weighted by Gasteiger charge is 2.21. The minimum atomic E-state index is -0.00755. The molecule has 0 spiro atoms. The number of hydrogen-bond acceptors (Lipinski definition) is 4. The Morgan fingerprint density at radius 2 is 1.04 bits per heavy atom. The topological polar surface area (TPSA) is 34.1 Å². The Hall–Kier alpha value is -1.52. The summed E-state index contributed by atoms with van der Waals surface area (Å²) < 4.78 is 0. The Balaban J connectivity index is 1.94. The van der Waals surface area contributed by atoms with E-state index in [0.717, 1.165) is 30.7 Å². The van der Waals surface area contributed by atoms with Crippen LogP contribution in [0, 0.1) is 11.8 Å². The molecule has 3 rings (SSSR count). The molecule has 0 bridgehead atoms. The Morgan fingerprint density at radius 3 is 1.42 bits per heavy atom. The van der Waals surface area contributed by atoms with E-state index in [0.29, 0.717) is 0 Å². The van der Waals surface area contributed by atoms with E-state index in [2.05, 4.69) is 0 Å². The second-order valence-corrected chi connectivity index (χ2v) is 8.73. The molecule has 0 amide bonds. The van der Waals surface area contributed by atoms with Crippen molar-refractivity contribution in [3.63, 3.8) is 0 Å². The lowest BCUT2D eigenvalue weighted by Crippen LogP contribution is -2.08. The predicted octanol–water partition coefficient (Wildman–Crippen LogP) is 5.98. The monoisotopic (exact) mass is 356 g/mol. The van der Waals surface area contributed by atoms with Gasteiger partial charge in [0.25, 0.3) is 0 Å². The third-order valence-corrected chi connectivity index (χ3v) is 6.47. The van der Waals surface area contributed by atoms with E-state index in [1.165, 1.54) is 0 Å². The highest BCUT2D eigenvalue weighted by Crippen LogP contribution is 2.49. The lowest BCUT2D eigenvalue weighted by Gasteiger charge is -2.20. The molecule has 24 heavy (non-hydrogen) atoms. The van der Waals surface area contributed by atoms with E-state index < -0.39 is 0 Å². The average Bonchev–Trinajstić information content (AvgIpc) is 2.57.